The summed E-state index contributed by atoms with van der Waals surface area (Å²) in [7, 11) is 0. The van der Waals surface area contributed by atoms with Crippen LogP contribution in [0.4, 0.5) is 17.1 Å². The molecular formula is C55H41BN2S. The zero-order valence-electron chi connectivity index (χ0n) is 33.9. The Bertz CT molecular complexity index is 3470. The second-order valence-electron chi connectivity index (χ2n) is 18.4. The molecule has 0 amide bonds. The third-order valence-corrected chi connectivity index (χ3v) is 15.1. The number of fused-ring (bicyclic) bond motifs is 15. The Hall–Kier alpha value is -6.36. The van der Waals surface area contributed by atoms with Crippen molar-refractivity contribution in [2.45, 2.75) is 45.4 Å². The lowest BCUT2D eigenvalue weighted by Gasteiger charge is -2.43. The van der Waals surface area contributed by atoms with E-state index in [1.165, 1.54) is 120 Å². The predicted molar refractivity (Wildman–Crippen MR) is 255 cm³/mol. The summed E-state index contributed by atoms with van der Waals surface area (Å²) in [6.07, 6.45) is 0. The number of thiophene rings is 1. The molecule has 0 saturated carbocycles. The van der Waals surface area contributed by atoms with E-state index >= 15 is 0 Å². The lowest BCUT2D eigenvalue weighted by molar-refractivity contribution is 0.590. The molecule has 10 aromatic rings. The van der Waals surface area contributed by atoms with Crippen LogP contribution in [0.25, 0.3) is 75.4 Å². The molecule has 8 aromatic carbocycles. The van der Waals surface area contributed by atoms with Gasteiger partial charge in [-0.2, -0.15) is 0 Å². The van der Waals surface area contributed by atoms with E-state index < -0.39 is 0 Å². The molecule has 2 nitrogen and oxygen atoms in total. The van der Waals surface area contributed by atoms with Gasteiger partial charge in [-0.05, 0) is 91.0 Å². The van der Waals surface area contributed by atoms with Gasteiger partial charge in [-0.15, -0.1) is 11.3 Å². The quantitative estimate of drug-likeness (QED) is 0.159. The molecule has 0 fully saturated rings. The van der Waals surface area contributed by atoms with Crippen molar-refractivity contribution in [2.24, 2.45) is 0 Å². The maximum atomic E-state index is 2.78. The normalized spacial score (nSPS) is 14.6. The van der Waals surface area contributed by atoms with Crippen LogP contribution >= 0.6 is 11.3 Å². The summed E-state index contributed by atoms with van der Waals surface area (Å²) in [6.45, 7) is 11.8. The van der Waals surface area contributed by atoms with Crippen molar-refractivity contribution in [3.63, 3.8) is 0 Å². The highest BCUT2D eigenvalue weighted by atomic mass is 32.1. The second kappa shape index (κ2) is 11.4. The van der Waals surface area contributed by atoms with Gasteiger partial charge in [0.05, 0.1) is 21.6 Å². The summed E-state index contributed by atoms with van der Waals surface area (Å²) in [5.41, 5.74) is 21.1. The van der Waals surface area contributed by atoms with Crippen LogP contribution in [0.5, 0.6) is 0 Å². The van der Waals surface area contributed by atoms with Gasteiger partial charge in [0.2, 0.25) is 0 Å². The van der Waals surface area contributed by atoms with Crippen LogP contribution in [-0.4, -0.2) is 11.3 Å². The fourth-order valence-electron chi connectivity index (χ4n) is 11.2. The van der Waals surface area contributed by atoms with E-state index in [1.807, 2.05) is 11.3 Å². The molecule has 0 saturated heterocycles. The smallest absolute Gasteiger partial charge is 0.333 e. The fraction of sp³-hybridized carbons (Fsp3) is 0.127. The number of benzene rings is 8. The van der Waals surface area contributed by atoms with Crippen LogP contribution in [0.3, 0.4) is 0 Å². The Kier molecular flexibility index (Phi) is 6.51. The minimum atomic E-state index is -0.148. The first-order valence-corrected chi connectivity index (χ1v) is 21.8. The van der Waals surface area contributed by atoms with Gasteiger partial charge < -0.3 is 9.38 Å². The Morgan fingerprint density at radius 2 is 1.25 bits per heavy atom. The maximum Gasteiger partial charge on any atom is 0.333 e. The number of anilines is 3. The average molecular weight is 773 g/mol. The molecule has 59 heavy (non-hydrogen) atoms. The van der Waals surface area contributed by atoms with Gasteiger partial charge in [0.15, 0.2) is 0 Å². The van der Waals surface area contributed by atoms with Crippen molar-refractivity contribution < 1.29 is 0 Å². The number of para-hydroxylation sites is 1. The monoisotopic (exact) mass is 772 g/mol. The molecule has 0 atom stereocenters. The first kappa shape index (κ1) is 33.6. The molecule has 3 aliphatic rings. The molecule has 4 heteroatoms. The van der Waals surface area contributed by atoms with Crippen LogP contribution in [-0.2, 0) is 10.8 Å². The van der Waals surface area contributed by atoms with Crippen LogP contribution in [0, 0.1) is 0 Å². The molecule has 2 aliphatic heterocycles. The van der Waals surface area contributed by atoms with Gasteiger partial charge in [-0.3, -0.25) is 0 Å². The van der Waals surface area contributed by atoms with E-state index in [-0.39, 0.29) is 17.7 Å². The Morgan fingerprint density at radius 1 is 0.542 bits per heavy atom. The third kappa shape index (κ3) is 4.27. The van der Waals surface area contributed by atoms with Crippen molar-refractivity contribution in [1.82, 2.24) is 4.48 Å². The van der Waals surface area contributed by atoms with Crippen molar-refractivity contribution in [3.05, 3.63) is 174 Å². The number of nitrogens with zero attached hydrogens (tertiary/aromatic N) is 2. The first-order valence-electron chi connectivity index (χ1n) is 21.0. The molecule has 13 rings (SSSR count). The molecule has 0 unspecified atom stereocenters. The molecule has 4 heterocycles. The zero-order valence-corrected chi connectivity index (χ0v) is 34.7. The van der Waals surface area contributed by atoms with Gasteiger partial charge in [0.25, 0.3) is 0 Å². The molecule has 0 bridgehead atoms. The summed E-state index contributed by atoms with van der Waals surface area (Å²) in [6, 6.07) is 60.2. The van der Waals surface area contributed by atoms with Crippen molar-refractivity contribution in [3.8, 4) is 33.4 Å². The summed E-state index contributed by atoms with van der Waals surface area (Å²) in [5, 5.41) is 5.22. The van der Waals surface area contributed by atoms with Gasteiger partial charge >= 0.3 is 6.85 Å². The highest BCUT2D eigenvalue weighted by Crippen LogP contribution is 2.55. The predicted octanol–water partition coefficient (Wildman–Crippen LogP) is 13.9. The zero-order chi connectivity index (χ0) is 39.5. The van der Waals surface area contributed by atoms with Crippen LogP contribution in [0.1, 0.15) is 51.3 Å². The van der Waals surface area contributed by atoms with Gasteiger partial charge in [-0.1, -0.05) is 162 Å². The molecule has 1 aliphatic carbocycles. The van der Waals surface area contributed by atoms with Crippen molar-refractivity contribution in [2.75, 3.05) is 4.90 Å². The van der Waals surface area contributed by atoms with E-state index in [2.05, 4.69) is 202 Å². The first-order chi connectivity index (χ1) is 28.7. The number of hydrogen-bond acceptors (Lipinski definition) is 2. The number of aromatic nitrogens is 1. The molecule has 280 valence electrons. The third-order valence-electron chi connectivity index (χ3n) is 13.9. The van der Waals surface area contributed by atoms with E-state index in [0.29, 0.717) is 0 Å². The topological polar surface area (TPSA) is 8.17 Å². The van der Waals surface area contributed by atoms with Gasteiger partial charge in [-0.25, -0.2) is 0 Å². The van der Waals surface area contributed by atoms with E-state index in [4.69, 9.17) is 0 Å². The van der Waals surface area contributed by atoms with Crippen molar-refractivity contribution in [1.29, 1.82) is 0 Å². The Morgan fingerprint density at radius 3 is 2.10 bits per heavy atom. The average Bonchev–Trinajstić information content (AvgIpc) is 3.87. The highest BCUT2D eigenvalue weighted by molar-refractivity contribution is 7.27. The minimum absolute atomic E-state index is 0.0140. The van der Waals surface area contributed by atoms with Crippen LogP contribution < -0.4 is 15.8 Å². The minimum Gasteiger partial charge on any atom is -0.374 e. The highest BCUT2D eigenvalue weighted by Gasteiger charge is 2.49. The summed E-state index contributed by atoms with van der Waals surface area (Å²) in [5.74, 6) is 0. The SMILES string of the molecule is CC(C)(C)c1ccc(N2c3ccc4c(c3B3c5c(cc6ccccc6c52)-c2cccc5c6sc7ccccc7c6n3c25)-c2ccccc2C4(C)C)c(-c2ccccc2)c1. The fourth-order valence-corrected chi connectivity index (χ4v) is 12.4. The van der Waals surface area contributed by atoms with Crippen LogP contribution in [0.15, 0.2) is 158 Å². The standard InChI is InChI=1S/C55H41BN2S/c1-54(2,3)34-26-28-44(40(31-34)32-16-7-6-8-17-32)57-45-29-27-43-47(37-20-11-13-24-42(37)55(43,4)5)49(45)56-48-41(30-33-18-9-10-19-35(33)51(48)57)36-22-15-23-39-50(36)58(56)52-38-21-12-14-25-46(38)59-53(39)52/h6-31H,1-5H3. The molecule has 0 N–H and O–H groups in total. The molecule has 0 spiro atoms. The molecule has 2 aromatic heterocycles. The van der Waals surface area contributed by atoms with Crippen molar-refractivity contribution >= 4 is 88.2 Å². The molecular weight excluding hydrogens is 731 g/mol. The molecule has 0 radical (unpaired) electrons. The Labute approximate surface area is 349 Å². The summed E-state index contributed by atoms with van der Waals surface area (Å²) >= 11 is 1.94. The van der Waals surface area contributed by atoms with E-state index in [0.717, 1.165) is 0 Å². The number of rotatable bonds is 2. The lowest BCUT2D eigenvalue weighted by Crippen LogP contribution is -2.57. The van der Waals surface area contributed by atoms with E-state index in [1.54, 1.807) is 0 Å². The van der Waals surface area contributed by atoms with Gasteiger partial charge in [0.1, 0.15) is 0 Å². The van der Waals surface area contributed by atoms with Crippen LogP contribution in [0.2, 0.25) is 0 Å². The van der Waals surface area contributed by atoms with Gasteiger partial charge in [0, 0.05) is 48.6 Å². The summed E-state index contributed by atoms with van der Waals surface area (Å²) < 4.78 is 5.50. The summed E-state index contributed by atoms with van der Waals surface area (Å²) in [4.78, 5) is 2.67. The Balaban J connectivity index is 1.27. The maximum absolute atomic E-state index is 2.78. The largest absolute Gasteiger partial charge is 0.374 e. The second-order valence-corrected chi connectivity index (χ2v) is 19.5. The van der Waals surface area contributed by atoms with E-state index in [9.17, 15) is 0 Å². The lowest BCUT2D eigenvalue weighted by atomic mass is 9.43. The number of hydrogen-bond donors (Lipinski definition) is 0.